The second-order valence-corrected chi connectivity index (χ2v) is 16.7. The highest BCUT2D eigenvalue weighted by Crippen LogP contribution is 2.47. The predicted molar refractivity (Wildman–Crippen MR) is 202 cm³/mol. The first-order valence-electron chi connectivity index (χ1n) is 19.6. The molecule has 15 heteroatoms. The molecule has 1 amide bonds. The van der Waals surface area contributed by atoms with Crippen LogP contribution in [0.4, 0.5) is 23.8 Å². The predicted octanol–water partition coefficient (Wildman–Crippen LogP) is 6.97. The minimum absolute atomic E-state index is 0.0528. The summed E-state index contributed by atoms with van der Waals surface area (Å²) in [5, 5.41) is 1.39. The van der Waals surface area contributed by atoms with Gasteiger partial charge >= 0.3 is 12.1 Å². The number of aromatic nitrogens is 3. The van der Waals surface area contributed by atoms with Gasteiger partial charge in [-0.25, -0.2) is 22.9 Å². The Kier molecular flexibility index (Phi) is 9.10. The third kappa shape index (κ3) is 6.12. The third-order valence-corrected chi connectivity index (χ3v) is 12.1. The molecule has 0 spiro atoms. The van der Waals surface area contributed by atoms with Crippen LogP contribution in [0.15, 0.2) is 24.3 Å². The lowest BCUT2D eigenvalue weighted by atomic mass is 9.94. The lowest BCUT2D eigenvalue weighted by Crippen LogP contribution is -2.63. The zero-order valence-corrected chi connectivity index (χ0v) is 32.4. The second kappa shape index (κ2) is 13.8. The maximum atomic E-state index is 17.6. The van der Waals surface area contributed by atoms with E-state index in [-0.39, 0.29) is 72.7 Å². The van der Waals surface area contributed by atoms with Gasteiger partial charge in [-0.3, -0.25) is 9.80 Å². The van der Waals surface area contributed by atoms with Gasteiger partial charge in [0, 0.05) is 32.2 Å². The Bertz CT molecular complexity index is 2220. The van der Waals surface area contributed by atoms with Crippen LogP contribution >= 0.6 is 0 Å². The number of aryl methyl sites for hydroxylation is 1. The van der Waals surface area contributed by atoms with E-state index in [0.717, 1.165) is 25.8 Å². The van der Waals surface area contributed by atoms with Gasteiger partial charge in [-0.05, 0) is 94.0 Å². The summed E-state index contributed by atoms with van der Waals surface area (Å²) in [6, 6.07) is 5.50. The number of hydrogen-bond donors (Lipinski definition) is 0. The van der Waals surface area contributed by atoms with Gasteiger partial charge in [-0.2, -0.15) is 9.97 Å². The molecular formula is C41H47F3N6O6. The van der Waals surface area contributed by atoms with Crippen LogP contribution in [0.5, 0.6) is 17.6 Å². The maximum Gasteiger partial charge on any atom is 0.410 e. The summed E-state index contributed by atoms with van der Waals surface area (Å²) in [4.78, 5) is 34.1. The molecule has 4 fully saturated rings. The summed E-state index contributed by atoms with van der Waals surface area (Å²) in [6.45, 7) is 9.09. The van der Waals surface area contributed by atoms with Crippen LogP contribution in [0.1, 0.15) is 65.4 Å². The molecule has 5 aliphatic heterocycles. The highest BCUT2D eigenvalue weighted by Gasteiger charge is 2.52. The lowest BCUT2D eigenvalue weighted by molar-refractivity contribution is 0.00537. The summed E-state index contributed by atoms with van der Waals surface area (Å²) in [5.41, 5.74) is -0.665. The maximum absolute atomic E-state index is 17.6. The number of anilines is 1. The SMILES string of the molecule is CCc1c(F)ccc2cc(OCOC)cc(-c3nc4c5c(nc(OC[C@]67CCCN6C[C@@H](F)C7)nc5c3F)N3C[C@H]5CC[C@@H]([C@H]3CO4)N5C(=O)OC(C)(C)C)c12. The van der Waals surface area contributed by atoms with Gasteiger partial charge in [-0.1, -0.05) is 13.0 Å². The van der Waals surface area contributed by atoms with Crippen LogP contribution in [-0.2, 0) is 15.9 Å². The summed E-state index contributed by atoms with van der Waals surface area (Å²) in [6.07, 6.45) is 2.50. The minimum atomic E-state index is -0.958. The topological polar surface area (TPSA) is 112 Å². The molecule has 0 aliphatic carbocycles. The van der Waals surface area contributed by atoms with Gasteiger partial charge in [0.1, 0.15) is 59.0 Å². The standard InChI is InChI=1S/C41H47F3N6O6/c1-6-26-28(43)10-8-22-14-25(55-21-52-5)15-27(31(22)26)34-33(44)35-32-36(47-38(46-35)54-20-41-12-7-13-48(41)17-23(42)16-41)49-18-24-9-11-29(30(49)19-53-37(32)45-34)50(24)39(51)56-40(2,3)4/h8,10,14-15,23-24,29-30H,6-7,9,11-13,16-21H2,1-5H3/t23-,24+,29-,30+,41+/m0/s1. The van der Waals surface area contributed by atoms with Crippen molar-refractivity contribution in [2.45, 2.75) is 102 Å². The van der Waals surface area contributed by atoms with Crippen molar-refractivity contribution in [2.24, 2.45) is 0 Å². The molecular weight excluding hydrogens is 729 g/mol. The number of nitrogens with zero attached hydrogens (tertiary/aromatic N) is 6. The van der Waals surface area contributed by atoms with Crippen LogP contribution in [-0.4, -0.2) is 113 Å². The van der Waals surface area contributed by atoms with E-state index in [9.17, 15) is 9.18 Å². The van der Waals surface area contributed by atoms with E-state index in [1.165, 1.54) is 13.2 Å². The fourth-order valence-corrected chi connectivity index (χ4v) is 9.78. The Morgan fingerprint density at radius 1 is 1.05 bits per heavy atom. The van der Waals surface area contributed by atoms with Crippen LogP contribution < -0.4 is 19.1 Å². The summed E-state index contributed by atoms with van der Waals surface area (Å²) in [5.74, 6) is -0.320. The van der Waals surface area contributed by atoms with E-state index in [2.05, 4.69) is 9.80 Å². The van der Waals surface area contributed by atoms with E-state index in [4.69, 9.17) is 38.6 Å². The number of rotatable bonds is 8. The van der Waals surface area contributed by atoms with Crippen molar-refractivity contribution in [1.29, 1.82) is 0 Å². The molecule has 5 aliphatic rings. The van der Waals surface area contributed by atoms with E-state index in [1.807, 2.05) is 32.6 Å². The summed E-state index contributed by atoms with van der Waals surface area (Å²) < 4.78 is 77.5. The third-order valence-electron chi connectivity index (χ3n) is 12.1. The van der Waals surface area contributed by atoms with Crippen LogP contribution in [0.25, 0.3) is 32.9 Å². The highest BCUT2D eigenvalue weighted by atomic mass is 19.1. The molecule has 0 saturated carbocycles. The highest BCUT2D eigenvalue weighted by molar-refractivity contribution is 6.03. The van der Waals surface area contributed by atoms with Gasteiger partial charge in [-0.15, -0.1) is 0 Å². The zero-order valence-electron chi connectivity index (χ0n) is 32.4. The molecule has 298 valence electrons. The van der Waals surface area contributed by atoms with Gasteiger partial charge in [0.25, 0.3) is 0 Å². The first-order valence-corrected chi connectivity index (χ1v) is 19.6. The lowest BCUT2D eigenvalue weighted by Gasteiger charge is -2.46. The van der Waals surface area contributed by atoms with Gasteiger partial charge in [0.15, 0.2) is 12.6 Å². The molecule has 5 atom stereocenters. The fraction of sp³-hybridized carbons (Fsp3) is 0.561. The van der Waals surface area contributed by atoms with Crippen molar-refractivity contribution in [3.63, 3.8) is 0 Å². The molecule has 2 aromatic heterocycles. The number of benzene rings is 2. The largest absolute Gasteiger partial charge is 0.475 e. The Morgan fingerprint density at radius 3 is 2.68 bits per heavy atom. The van der Waals surface area contributed by atoms with E-state index in [0.29, 0.717) is 65.8 Å². The smallest absolute Gasteiger partial charge is 0.410 e. The van der Waals surface area contributed by atoms with E-state index >= 15 is 8.78 Å². The number of amides is 1. The molecule has 4 aromatic rings. The molecule has 56 heavy (non-hydrogen) atoms. The van der Waals surface area contributed by atoms with Crippen molar-refractivity contribution in [3.05, 3.63) is 41.5 Å². The Morgan fingerprint density at radius 2 is 1.89 bits per heavy atom. The van der Waals surface area contributed by atoms with Crippen molar-refractivity contribution in [3.8, 4) is 28.9 Å². The first kappa shape index (κ1) is 37.0. The minimum Gasteiger partial charge on any atom is -0.475 e. The number of hydrogen-bond acceptors (Lipinski definition) is 11. The number of carbonyl (C=O) groups excluding carboxylic acids is 1. The van der Waals surface area contributed by atoms with Crippen molar-refractivity contribution >= 4 is 33.6 Å². The molecule has 2 bridgehead atoms. The van der Waals surface area contributed by atoms with Crippen molar-refractivity contribution in [1.82, 2.24) is 24.8 Å². The molecule has 2 aromatic carbocycles. The molecule has 0 unspecified atom stereocenters. The number of piperazine rings is 1. The van der Waals surface area contributed by atoms with Crippen LogP contribution in [0.2, 0.25) is 0 Å². The second-order valence-electron chi connectivity index (χ2n) is 16.7. The normalized spacial score (nSPS) is 25.6. The molecule has 0 radical (unpaired) electrons. The number of halogens is 3. The van der Waals surface area contributed by atoms with Gasteiger partial charge in [0.2, 0.25) is 5.88 Å². The summed E-state index contributed by atoms with van der Waals surface area (Å²) in [7, 11) is 1.50. The molecule has 12 nitrogen and oxygen atoms in total. The van der Waals surface area contributed by atoms with Gasteiger partial charge in [0.05, 0.1) is 23.7 Å². The molecule has 9 rings (SSSR count). The number of pyridine rings is 1. The molecule has 4 saturated heterocycles. The zero-order chi connectivity index (χ0) is 39.1. The van der Waals surface area contributed by atoms with Crippen molar-refractivity contribution in [2.75, 3.05) is 51.7 Å². The number of alkyl halides is 1. The first-order chi connectivity index (χ1) is 26.9. The monoisotopic (exact) mass is 776 g/mol. The Labute approximate surface area is 323 Å². The van der Waals surface area contributed by atoms with Crippen molar-refractivity contribution < 1.29 is 41.7 Å². The van der Waals surface area contributed by atoms with Crippen LogP contribution in [0, 0.1) is 11.6 Å². The average Bonchev–Trinajstić information content (AvgIpc) is 3.76. The average molecular weight is 777 g/mol. The summed E-state index contributed by atoms with van der Waals surface area (Å²) >= 11 is 0. The molecule has 7 heterocycles. The van der Waals surface area contributed by atoms with Crippen LogP contribution in [0.3, 0.4) is 0 Å². The fourth-order valence-electron chi connectivity index (χ4n) is 9.78. The number of carbonyl (C=O) groups is 1. The number of fused-ring (bicyclic) bond motifs is 7. The van der Waals surface area contributed by atoms with E-state index < -0.39 is 28.9 Å². The van der Waals surface area contributed by atoms with E-state index in [1.54, 1.807) is 18.2 Å². The number of ether oxygens (including phenoxy) is 5. The van der Waals surface area contributed by atoms with Gasteiger partial charge < -0.3 is 28.6 Å². The quantitative estimate of drug-likeness (QED) is 0.173. The number of methoxy groups -OCH3 is 1. The Balaban J connectivity index is 1.21. The molecule has 0 N–H and O–H groups in total. The Hall–Kier alpha value is -4.63.